The molecule has 102 valence electrons. The van der Waals surface area contributed by atoms with Gasteiger partial charge in [0.15, 0.2) is 0 Å². The van der Waals surface area contributed by atoms with Gasteiger partial charge in [-0.1, -0.05) is 11.8 Å². The predicted octanol–water partition coefficient (Wildman–Crippen LogP) is 0.534. The van der Waals surface area contributed by atoms with Gasteiger partial charge in [-0.2, -0.15) is 0 Å². The fraction of sp³-hybridized carbons (Fsp3) is 0.800. The van der Waals surface area contributed by atoms with E-state index in [4.69, 9.17) is 0 Å². The Balaban J connectivity index is 2.53. The third kappa shape index (κ3) is 3.95. The quantitative estimate of drug-likeness (QED) is 0.700. The molecule has 18 heavy (non-hydrogen) atoms. The number of nitrogens with one attached hydrogen (secondary N) is 1. The lowest BCUT2D eigenvalue weighted by Crippen LogP contribution is -2.52. The Morgan fingerprint density at radius 3 is 2.72 bits per heavy atom. The van der Waals surface area contributed by atoms with Crippen molar-refractivity contribution < 1.29 is 9.90 Å². The maximum atomic E-state index is 11.3. The molecule has 0 aromatic carbocycles. The van der Waals surface area contributed by atoms with Gasteiger partial charge in [-0.05, 0) is 37.6 Å². The van der Waals surface area contributed by atoms with Gasteiger partial charge in [0.2, 0.25) is 5.16 Å². The van der Waals surface area contributed by atoms with Crippen molar-refractivity contribution in [2.75, 3.05) is 5.75 Å². The van der Waals surface area contributed by atoms with Crippen molar-refractivity contribution in [1.29, 1.82) is 0 Å². The number of aryl methyl sites for hydroxylation is 1. The number of hydrogen-bond acceptors (Lipinski definition) is 6. The van der Waals surface area contributed by atoms with Gasteiger partial charge in [0.05, 0.1) is 0 Å². The molecule has 7 nitrogen and oxygen atoms in total. The highest BCUT2D eigenvalue weighted by atomic mass is 32.2. The van der Waals surface area contributed by atoms with Crippen LogP contribution in [0.25, 0.3) is 0 Å². The summed E-state index contributed by atoms with van der Waals surface area (Å²) in [5.41, 5.74) is -0.923. The molecule has 1 heterocycles. The fourth-order valence-electron chi connectivity index (χ4n) is 1.57. The molecule has 0 bridgehead atoms. The first-order valence-electron chi connectivity index (χ1n) is 5.71. The van der Waals surface area contributed by atoms with Crippen molar-refractivity contribution >= 4 is 17.7 Å². The van der Waals surface area contributed by atoms with E-state index >= 15 is 0 Å². The molecule has 0 radical (unpaired) electrons. The second kappa shape index (κ2) is 6.14. The summed E-state index contributed by atoms with van der Waals surface area (Å²) in [6.45, 7) is 5.56. The molecule has 1 unspecified atom stereocenters. The molecule has 0 fully saturated rings. The number of thioether (sulfide) groups is 1. The van der Waals surface area contributed by atoms with Gasteiger partial charge in [0.1, 0.15) is 5.54 Å². The Morgan fingerprint density at radius 2 is 2.28 bits per heavy atom. The van der Waals surface area contributed by atoms with Crippen LogP contribution in [0.4, 0.5) is 0 Å². The van der Waals surface area contributed by atoms with Crippen LogP contribution in [-0.4, -0.2) is 48.6 Å². The van der Waals surface area contributed by atoms with Crippen LogP contribution < -0.4 is 5.32 Å². The van der Waals surface area contributed by atoms with Crippen LogP contribution in [0.5, 0.6) is 0 Å². The van der Waals surface area contributed by atoms with E-state index in [1.54, 1.807) is 18.7 Å². The first-order chi connectivity index (χ1) is 8.35. The minimum Gasteiger partial charge on any atom is -0.480 e. The fourth-order valence-corrected chi connectivity index (χ4v) is 2.58. The molecule has 0 aliphatic rings. The zero-order chi connectivity index (χ0) is 13.8. The average molecular weight is 273 g/mol. The third-order valence-electron chi connectivity index (χ3n) is 2.49. The van der Waals surface area contributed by atoms with Gasteiger partial charge in [-0.3, -0.25) is 10.1 Å². The predicted molar refractivity (Wildman–Crippen MR) is 68.5 cm³/mol. The van der Waals surface area contributed by atoms with E-state index in [0.29, 0.717) is 17.3 Å². The second-order valence-corrected chi connectivity index (χ2v) is 5.68. The molecule has 0 aliphatic heterocycles. The van der Waals surface area contributed by atoms with Crippen LogP contribution >= 0.6 is 11.8 Å². The van der Waals surface area contributed by atoms with Gasteiger partial charge in [0.25, 0.3) is 0 Å². The molecule has 0 spiro atoms. The zero-order valence-electron chi connectivity index (χ0n) is 11.0. The van der Waals surface area contributed by atoms with Gasteiger partial charge in [-0.25, -0.2) is 4.68 Å². The monoisotopic (exact) mass is 273 g/mol. The summed E-state index contributed by atoms with van der Waals surface area (Å²) in [6, 6.07) is 0.118. The molecule has 1 atom stereocenters. The van der Waals surface area contributed by atoms with Crippen LogP contribution in [0, 0.1) is 0 Å². The normalized spacial score (nSPS) is 14.7. The lowest BCUT2D eigenvalue weighted by atomic mass is 9.98. The van der Waals surface area contributed by atoms with E-state index in [1.807, 2.05) is 13.8 Å². The summed E-state index contributed by atoms with van der Waals surface area (Å²) in [4.78, 5) is 11.3. The van der Waals surface area contributed by atoms with Crippen molar-refractivity contribution in [3.8, 4) is 0 Å². The van der Waals surface area contributed by atoms with E-state index in [2.05, 4.69) is 20.8 Å². The van der Waals surface area contributed by atoms with E-state index in [-0.39, 0.29) is 6.04 Å². The number of carbonyl (C=O) groups is 1. The van der Waals surface area contributed by atoms with E-state index < -0.39 is 11.5 Å². The number of rotatable bonds is 7. The largest absolute Gasteiger partial charge is 0.480 e. The molecular formula is C10H19N5O2S. The summed E-state index contributed by atoms with van der Waals surface area (Å²) in [5.74, 6) is -0.204. The second-order valence-electron chi connectivity index (χ2n) is 4.62. The van der Waals surface area contributed by atoms with Crippen LogP contribution in [0.1, 0.15) is 27.2 Å². The van der Waals surface area contributed by atoms with E-state index in [1.165, 1.54) is 11.8 Å². The molecule has 2 N–H and O–H groups in total. The number of aromatic nitrogens is 4. The summed E-state index contributed by atoms with van der Waals surface area (Å²) in [6.07, 6.45) is 0.498. The minimum atomic E-state index is -0.923. The molecule has 0 saturated heterocycles. The maximum Gasteiger partial charge on any atom is 0.323 e. The Labute approximate surface area is 110 Å². The molecule has 0 amide bonds. The summed E-state index contributed by atoms with van der Waals surface area (Å²) in [7, 11) is 1.76. The SMILES string of the molecule is CC(C)NC(C)(CCSc1nnnn1C)C(=O)O. The summed E-state index contributed by atoms with van der Waals surface area (Å²) < 4.78 is 1.57. The molecular weight excluding hydrogens is 254 g/mol. The van der Waals surface area contributed by atoms with Crippen molar-refractivity contribution in [2.24, 2.45) is 7.05 Å². The highest BCUT2D eigenvalue weighted by molar-refractivity contribution is 7.99. The Morgan fingerprint density at radius 1 is 1.61 bits per heavy atom. The number of tetrazole rings is 1. The Kier molecular flexibility index (Phi) is 5.09. The number of carboxylic acid groups (broad SMARTS) is 1. The number of nitrogens with zero attached hydrogens (tertiary/aromatic N) is 4. The molecule has 1 aromatic heterocycles. The van der Waals surface area contributed by atoms with Gasteiger partial charge >= 0.3 is 5.97 Å². The van der Waals surface area contributed by atoms with Crippen LogP contribution in [0.3, 0.4) is 0 Å². The van der Waals surface area contributed by atoms with Gasteiger partial charge < -0.3 is 5.11 Å². The Hall–Kier alpha value is -1.15. The number of hydrogen-bond donors (Lipinski definition) is 2. The number of carboxylic acids is 1. The van der Waals surface area contributed by atoms with Gasteiger partial charge in [0, 0.05) is 18.8 Å². The highest BCUT2D eigenvalue weighted by Crippen LogP contribution is 2.19. The summed E-state index contributed by atoms with van der Waals surface area (Å²) in [5, 5.41) is 24.1. The van der Waals surface area contributed by atoms with Crippen molar-refractivity contribution in [1.82, 2.24) is 25.5 Å². The molecule has 0 saturated carbocycles. The van der Waals surface area contributed by atoms with Crippen LogP contribution in [0.2, 0.25) is 0 Å². The minimum absolute atomic E-state index is 0.118. The molecule has 1 aromatic rings. The average Bonchev–Trinajstić information content (AvgIpc) is 2.63. The van der Waals surface area contributed by atoms with Crippen LogP contribution in [-0.2, 0) is 11.8 Å². The molecule has 8 heteroatoms. The lowest BCUT2D eigenvalue weighted by molar-refractivity contribution is -0.144. The standard InChI is InChI=1S/C10H19N5O2S/c1-7(2)11-10(3,8(16)17)5-6-18-9-12-13-14-15(9)4/h7,11H,5-6H2,1-4H3,(H,16,17). The molecule has 1 rings (SSSR count). The molecule has 0 aliphatic carbocycles. The van der Waals surface area contributed by atoms with Crippen molar-refractivity contribution in [3.05, 3.63) is 0 Å². The smallest absolute Gasteiger partial charge is 0.323 e. The lowest BCUT2D eigenvalue weighted by Gasteiger charge is -2.28. The van der Waals surface area contributed by atoms with E-state index in [9.17, 15) is 9.90 Å². The van der Waals surface area contributed by atoms with Gasteiger partial charge in [-0.15, -0.1) is 5.10 Å². The topological polar surface area (TPSA) is 92.9 Å². The van der Waals surface area contributed by atoms with E-state index in [0.717, 1.165) is 0 Å². The maximum absolute atomic E-state index is 11.3. The van der Waals surface area contributed by atoms with Crippen molar-refractivity contribution in [3.63, 3.8) is 0 Å². The highest BCUT2D eigenvalue weighted by Gasteiger charge is 2.33. The zero-order valence-corrected chi connectivity index (χ0v) is 11.9. The van der Waals surface area contributed by atoms with Crippen molar-refractivity contribution in [2.45, 2.75) is 43.9 Å². The first kappa shape index (κ1) is 14.9. The third-order valence-corrected chi connectivity index (χ3v) is 3.51. The summed E-state index contributed by atoms with van der Waals surface area (Å²) >= 11 is 1.45. The van der Waals surface area contributed by atoms with Crippen LogP contribution in [0.15, 0.2) is 5.16 Å². The number of aliphatic carboxylic acids is 1. The Bertz CT molecular complexity index is 409. The first-order valence-corrected chi connectivity index (χ1v) is 6.70.